The van der Waals surface area contributed by atoms with Gasteiger partial charge in [0.25, 0.3) is 0 Å². The van der Waals surface area contributed by atoms with Gasteiger partial charge in [-0.05, 0) is 49.2 Å². The quantitative estimate of drug-likeness (QED) is 0.509. The fourth-order valence-corrected chi connectivity index (χ4v) is 3.84. The molecule has 1 aliphatic heterocycles. The molecule has 156 valence electrons. The van der Waals surface area contributed by atoms with Gasteiger partial charge in [-0.25, -0.2) is 14.8 Å². The van der Waals surface area contributed by atoms with Crippen LogP contribution in [0.4, 0.5) is 0 Å². The number of carbonyl (C=O) groups is 1. The SMILES string of the molecule is O=C(O)c1ccc(CN2CCC[C@H]2c2nc(-c3ccc(-n4ccnc4)nc3)no2)cc1. The number of benzene rings is 1. The number of pyridine rings is 1. The minimum Gasteiger partial charge on any atom is -0.478 e. The summed E-state index contributed by atoms with van der Waals surface area (Å²) in [7, 11) is 0. The van der Waals surface area contributed by atoms with Gasteiger partial charge in [0.05, 0.1) is 11.6 Å². The molecule has 31 heavy (non-hydrogen) atoms. The molecule has 1 aromatic carbocycles. The number of hydrogen-bond donors (Lipinski definition) is 1. The van der Waals surface area contributed by atoms with Crippen LogP contribution in [0.1, 0.15) is 40.7 Å². The van der Waals surface area contributed by atoms with Crippen molar-refractivity contribution in [2.45, 2.75) is 25.4 Å². The van der Waals surface area contributed by atoms with Gasteiger partial charge in [-0.2, -0.15) is 4.98 Å². The Labute approximate surface area is 178 Å². The van der Waals surface area contributed by atoms with E-state index in [9.17, 15) is 4.79 Å². The number of carboxylic acid groups (broad SMARTS) is 1. The van der Waals surface area contributed by atoms with E-state index in [1.165, 1.54) is 0 Å². The zero-order valence-corrected chi connectivity index (χ0v) is 16.6. The van der Waals surface area contributed by atoms with Crippen molar-refractivity contribution in [3.05, 3.63) is 78.3 Å². The van der Waals surface area contributed by atoms with E-state index in [0.29, 0.717) is 18.3 Å². The lowest BCUT2D eigenvalue weighted by molar-refractivity contribution is 0.0697. The zero-order chi connectivity index (χ0) is 21.2. The van der Waals surface area contributed by atoms with Crippen LogP contribution >= 0.6 is 0 Å². The van der Waals surface area contributed by atoms with Crippen molar-refractivity contribution in [1.82, 2.24) is 29.6 Å². The maximum atomic E-state index is 11.0. The molecule has 9 heteroatoms. The van der Waals surface area contributed by atoms with E-state index in [-0.39, 0.29) is 11.6 Å². The monoisotopic (exact) mass is 416 g/mol. The van der Waals surface area contributed by atoms with E-state index in [1.807, 2.05) is 35.0 Å². The molecular weight excluding hydrogens is 396 g/mol. The van der Waals surface area contributed by atoms with Crippen LogP contribution in [0.3, 0.4) is 0 Å². The number of rotatable bonds is 6. The normalized spacial score (nSPS) is 16.6. The van der Waals surface area contributed by atoms with Gasteiger partial charge in [-0.15, -0.1) is 0 Å². The van der Waals surface area contributed by atoms with Crippen molar-refractivity contribution in [2.24, 2.45) is 0 Å². The molecule has 4 aromatic rings. The van der Waals surface area contributed by atoms with Gasteiger partial charge in [0.1, 0.15) is 12.1 Å². The molecule has 1 atom stereocenters. The maximum Gasteiger partial charge on any atom is 0.335 e. The molecule has 0 aliphatic carbocycles. The molecule has 3 aromatic heterocycles. The van der Waals surface area contributed by atoms with Crippen LogP contribution in [0, 0.1) is 0 Å². The molecule has 0 unspecified atom stereocenters. The number of likely N-dealkylation sites (tertiary alicyclic amines) is 1. The van der Waals surface area contributed by atoms with Crippen LogP contribution in [-0.2, 0) is 6.54 Å². The highest BCUT2D eigenvalue weighted by Gasteiger charge is 2.31. The Kier molecular flexibility index (Phi) is 5.01. The van der Waals surface area contributed by atoms with Crippen molar-refractivity contribution in [3.63, 3.8) is 0 Å². The summed E-state index contributed by atoms with van der Waals surface area (Å²) in [6.07, 6.45) is 8.93. The highest BCUT2D eigenvalue weighted by Crippen LogP contribution is 2.33. The lowest BCUT2D eigenvalue weighted by atomic mass is 10.1. The number of nitrogens with zero attached hydrogens (tertiary/aromatic N) is 6. The summed E-state index contributed by atoms with van der Waals surface area (Å²) in [6, 6.07) is 10.8. The summed E-state index contributed by atoms with van der Waals surface area (Å²) in [5.74, 6) is 0.947. The molecular formula is C22H20N6O3. The average Bonchev–Trinajstić information content (AvgIpc) is 3.56. The number of carboxylic acids is 1. The first-order chi connectivity index (χ1) is 15.2. The van der Waals surface area contributed by atoms with Crippen LogP contribution in [0.15, 0.2) is 65.8 Å². The predicted octanol–water partition coefficient (Wildman–Crippen LogP) is 3.35. The van der Waals surface area contributed by atoms with Crippen molar-refractivity contribution < 1.29 is 14.4 Å². The van der Waals surface area contributed by atoms with Crippen molar-refractivity contribution in [1.29, 1.82) is 0 Å². The largest absolute Gasteiger partial charge is 0.478 e. The Morgan fingerprint density at radius 2 is 2.06 bits per heavy atom. The topological polar surface area (TPSA) is 110 Å². The Morgan fingerprint density at radius 3 is 2.77 bits per heavy atom. The molecule has 0 radical (unpaired) electrons. The predicted molar refractivity (Wildman–Crippen MR) is 110 cm³/mol. The number of aromatic carboxylic acids is 1. The van der Waals surface area contributed by atoms with Crippen LogP contribution < -0.4 is 0 Å². The van der Waals surface area contributed by atoms with E-state index in [1.54, 1.807) is 30.9 Å². The standard InChI is InChI=1S/C22H20N6O3/c29-22(30)16-5-3-15(4-6-16)13-27-10-1-2-18(27)21-25-20(26-31-21)17-7-8-19(24-12-17)28-11-9-23-14-28/h3-9,11-12,14,18H,1-2,10,13H2,(H,29,30)/t18-/m0/s1. The summed E-state index contributed by atoms with van der Waals surface area (Å²) < 4.78 is 7.42. The molecule has 0 saturated carbocycles. The Morgan fingerprint density at radius 1 is 1.19 bits per heavy atom. The van der Waals surface area contributed by atoms with E-state index >= 15 is 0 Å². The first kappa shape index (κ1) is 19.1. The molecule has 1 N–H and O–H groups in total. The fraction of sp³-hybridized carbons (Fsp3) is 0.227. The Hall–Kier alpha value is -3.85. The third-order valence-corrected chi connectivity index (χ3v) is 5.45. The number of hydrogen-bond acceptors (Lipinski definition) is 7. The molecule has 9 nitrogen and oxygen atoms in total. The van der Waals surface area contributed by atoms with Gasteiger partial charge in [-0.1, -0.05) is 17.3 Å². The summed E-state index contributed by atoms with van der Waals surface area (Å²) in [5, 5.41) is 13.2. The van der Waals surface area contributed by atoms with E-state index < -0.39 is 5.97 Å². The van der Waals surface area contributed by atoms with Crippen molar-refractivity contribution >= 4 is 5.97 Å². The van der Waals surface area contributed by atoms with Crippen LogP contribution in [-0.4, -0.2) is 47.2 Å². The van der Waals surface area contributed by atoms with Gasteiger partial charge >= 0.3 is 5.97 Å². The van der Waals surface area contributed by atoms with Crippen LogP contribution in [0.5, 0.6) is 0 Å². The second-order valence-corrected chi connectivity index (χ2v) is 7.46. The maximum absolute atomic E-state index is 11.0. The van der Waals surface area contributed by atoms with Gasteiger partial charge < -0.3 is 9.63 Å². The van der Waals surface area contributed by atoms with E-state index in [2.05, 4.69) is 25.0 Å². The molecule has 1 fully saturated rings. The minimum atomic E-state index is -0.920. The average molecular weight is 416 g/mol. The minimum absolute atomic E-state index is 0.0404. The molecule has 5 rings (SSSR count). The summed E-state index contributed by atoms with van der Waals surface area (Å²) in [5.41, 5.74) is 2.12. The summed E-state index contributed by atoms with van der Waals surface area (Å²) in [6.45, 7) is 1.62. The second kappa shape index (κ2) is 8.11. The molecule has 4 heterocycles. The second-order valence-electron chi connectivity index (χ2n) is 7.46. The Bertz CT molecular complexity index is 1170. The lowest BCUT2D eigenvalue weighted by Crippen LogP contribution is -2.23. The van der Waals surface area contributed by atoms with E-state index in [0.717, 1.165) is 36.3 Å². The highest BCUT2D eigenvalue weighted by atomic mass is 16.5. The van der Waals surface area contributed by atoms with Crippen molar-refractivity contribution in [2.75, 3.05) is 6.54 Å². The van der Waals surface area contributed by atoms with Gasteiger partial charge in [0.2, 0.25) is 11.7 Å². The first-order valence-electron chi connectivity index (χ1n) is 10.0. The highest BCUT2D eigenvalue weighted by molar-refractivity contribution is 5.87. The van der Waals surface area contributed by atoms with E-state index in [4.69, 9.17) is 9.63 Å². The van der Waals surface area contributed by atoms with Gasteiger partial charge in [0.15, 0.2) is 0 Å². The molecule has 1 aliphatic rings. The summed E-state index contributed by atoms with van der Waals surface area (Å²) in [4.78, 5) is 26.4. The van der Waals surface area contributed by atoms with Crippen LogP contribution in [0.2, 0.25) is 0 Å². The molecule has 0 bridgehead atoms. The molecule has 1 saturated heterocycles. The lowest BCUT2D eigenvalue weighted by Gasteiger charge is -2.21. The Balaban J connectivity index is 1.30. The first-order valence-corrected chi connectivity index (χ1v) is 10.0. The third-order valence-electron chi connectivity index (χ3n) is 5.45. The number of aromatic nitrogens is 5. The summed E-state index contributed by atoms with van der Waals surface area (Å²) >= 11 is 0. The zero-order valence-electron chi connectivity index (χ0n) is 16.6. The van der Waals surface area contributed by atoms with Crippen LogP contribution in [0.25, 0.3) is 17.2 Å². The van der Waals surface area contributed by atoms with Gasteiger partial charge in [-0.3, -0.25) is 9.47 Å². The van der Waals surface area contributed by atoms with Gasteiger partial charge in [0, 0.05) is 30.7 Å². The number of imidazole rings is 1. The molecule has 0 spiro atoms. The van der Waals surface area contributed by atoms with Crippen molar-refractivity contribution in [3.8, 4) is 17.2 Å². The smallest absolute Gasteiger partial charge is 0.335 e. The fourth-order valence-electron chi connectivity index (χ4n) is 3.84. The third kappa shape index (κ3) is 3.95. The molecule has 0 amide bonds.